The summed E-state index contributed by atoms with van der Waals surface area (Å²) in [6.07, 6.45) is 2.15. The van der Waals surface area contributed by atoms with Crippen molar-refractivity contribution in [2.24, 2.45) is 4.99 Å². The topological polar surface area (TPSA) is 58.9 Å². The number of nitrogens with zero attached hydrogens (tertiary/aromatic N) is 1. The quantitative estimate of drug-likeness (QED) is 0.461. The number of hydrogen-bond acceptors (Lipinski definition) is 4. The third kappa shape index (κ3) is 4.06. The van der Waals surface area contributed by atoms with Gasteiger partial charge in [0, 0.05) is 18.9 Å². The monoisotopic (exact) mass is 385 g/mol. The molecule has 29 heavy (non-hydrogen) atoms. The molecule has 0 bridgehead atoms. The van der Waals surface area contributed by atoms with Crippen molar-refractivity contribution in [1.29, 1.82) is 0 Å². The highest BCUT2D eigenvalue weighted by Crippen LogP contribution is 2.28. The molecule has 0 heterocycles. The molecule has 1 aliphatic rings. The average molecular weight is 385 g/mol. The zero-order valence-electron chi connectivity index (χ0n) is 16.4. The Balaban J connectivity index is 1.74. The zero-order chi connectivity index (χ0) is 20.2. The van der Waals surface area contributed by atoms with Crippen molar-refractivity contribution in [2.45, 2.75) is 25.7 Å². The number of fused-ring (bicyclic) bond motifs is 1. The van der Waals surface area contributed by atoms with Crippen LogP contribution >= 0.6 is 0 Å². The maximum Gasteiger partial charge on any atom is 0.168 e. The van der Waals surface area contributed by atoms with Gasteiger partial charge in [-0.15, -0.1) is 0 Å². The minimum Gasteiger partial charge on any atom is -0.511 e. The second-order valence-electron chi connectivity index (χ2n) is 7.17. The van der Waals surface area contributed by atoms with Crippen molar-refractivity contribution in [1.82, 2.24) is 0 Å². The summed E-state index contributed by atoms with van der Waals surface area (Å²) in [5.74, 6) is 0.753. The van der Waals surface area contributed by atoms with Gasteiger partial charge in [0.1, 0.15) is 11.5 Å². The van der Waals surface area contributed by atoms with Crippen molar-refractivity contribution in [2.75, 3.05) is 7.11 Å². The van der Waals surface area contributed by atoms with Gasteiger partial charge in [-0.05, 0) is 41.3 Å². The van der Waals surface area contributed by atoms with Gasteiger partial charge in [0.2, 0.25) is 0 Å². The second-order valence-corrected chi connectivity index (χ2v) is 7.17. The lowest BCUT2D eigenvalue weighted by Crippen LogP contribution is -2.21. The van der Waals surface area contributed by atoms with Crippen molar-refractivity contribution < 1.29 is 14.6 Å². The van der Waals surface area contributed by atoms with Gasteiger partial charge in [-0.1, -0.05) is 48.5 Å². The number of ether oxygens (including phenoxy) is 1. The first-order chi connectivity index (χ1) is 14.2. The van der Waals surface area contributed by atoms with Crippen LogP contribution in [0.1, 0.15) is 24.8 Å². The van der Waals surface area contributed by atoms with E-state index in [0.29, 0.717) is 42.0 Å². The van der Waals surface area contributed by atoms with Gasteiger partial charge in [-0.25, -0.2) is 0 Å². The molecule has 0 amide bonds. The number of allylic oxidation sites excluding steroid dienone is 2. The number of aliphatic imine (C=N–C) groups is 1. The average Bonchev–Trinajstić information content (AvgIpc) is 2.74. The first-order valence-corrected chi connectivity index (χ1v) is 9.79. The zero-order valence-corrected chi connectivity index (χ0v) is 16.4. The van der Waals surface area contributed by atoms with Crippen LogP contribution in [0.4, 0.5) is 5.69 Å². The predicted molar refractivity (Wildman–Crippen MR) is 116 cm³/mol. The van der Waals surface area contributed by atoms with E-state index >= 15 is 0 Å². The smallest absolute Gasteiger partial charge is 0.168 e. The van der Waals surface area contributed by atoms with Gasteiger partial charge in [-0.3, -0.25) is 9.79 Å². The van der Waals surface area contributed by atoms with Crippen LogP contribution in [-0.2, 0) is 11.2 Å². The third-order valence-electron chi connectivity index (χ3n) is 5.23. The third-order valence-corrected chi connectivity index (χ3v) is 5.23. The van der Waals surface area contributed by atoms with Crippen LogP contribution in [0.3, 0.4) is 0 Å². The number of hydrogen-bond donors (Lipinski definition) is 1. The minimum atomic E-state index is -0.0457. The lowest BCUT2D eigenvalue weighted by Gasteiger charge is -2.18. The van der Waals surface area contributed by atoms with Gasteiger partial charge in [0.15, 0.2) is 5.78 Å². The molecule has 1 saturated carbocycles. The number of carbonyl (C=O) groups is 1. The molecule has 3 aromatic carbocycles. The Morgan fingerprint density at radius 3 is 2.69 bits per heavy atom. The SMILES string of the molecule is COc1cccc(N=C2CCCC(=O)/C2=C(\O)Cc2cccc3ccccc23)c1. The molecule has 0 aromatic heterocycles. The number of aliphatic hydroxyl groups excluding tert-OH is 1. The highest BCUT2D eigenvalue weighted by atomic mass is 16.5. The maximum absolute atomic E-state index is 12.7. The Kier molecular flexibility index (Phi) is 5.43. The molecule has 0 aliphatic heterocycles. The van der Waals surface area contributed by atoms with Crippen LogP contribution in [-0.4, -0.2) is 23.7 Å². The van der Waals surface area contributed by atoms with Crippen LogP contribution in [0.2, 0.25) is 0 Å². The summed E-state index contributed by atoms with van der Waals surface area (Å²) < 4.78 is 5.26. The summed E-state index contributed by atoms with van der Waals surface area (Å²) in [5.41, 5.74) is 2.72. The van der Waals surface area contributed by atoms with E-state index in [1.54, 1.807) is 7.11 Å². The van der Waals surface area contributed by atoms with Crippen molar-refractivity contribution in [3.63, 3.8) is 0 Å². The molecular weight excluding hydrogens is 362 g/mol. The summed E-state index contributed by atoms with van der Waals surface area (Å²) in [5, 5.41) is 13.2. The van der Waals surface area contributed by atoms with Crippen LogP contribution in [0, 0.1) is 0 Å². The molecule has 0 atom stereocenters. The van der Waals surface area contributed by atoms with Crippen LogP contribution < -0.4 is 4.74 Å². The van der Waals surface area contributed by atoms with Gasteiger partial charge < -0.3 is 9.84 Å². The molecule has 4 heteroatoms. The van der Waals surface area contributed by atoms with Gasteiger partial charge in [-0.2, -0.15) is 0 Å². The van der Waals surface area contributed by atoms with Crippen molar-refractivity contribution >= 4 is 28.0 Å². The molecule has 4 rings (SSSR count). The van der Waals surface area contributed by atoms with Crippen molar-refractivity contribution in [3.8, 4) is 5.75 Å². The number of methoxy groups -OCH3 is 1. The molecular formula is C25H23NO3. The standard InChI is InChI=1S/C25H23NO3/c1-29-20-11-5-10-19(16-20)26-22-13-6-14-23(27)25(22)24(28)15-18-9-4-8-17-7-2-3-12-21(17)18/h2-5,7-12,16,28H,6,13-15H2,1H3/b25-24-,26-22?. The van der Waals surface area contributed by atoms with Crippen LogP contribution in [0.15, 0.2) is 83.1 Å². The Bertz CT molecular complexity index is 1120. The Morgan fingerprint density at radius 1 is 1.03 bits per heavy atom. The van der Waals surface area contributed by atoms with E-state index < -0.39 is 0 Å². The van der Waals surface area contributed by atoms with E-state index in [9.17, 15) is 9.90 Å². The lowest BCUT2D eigenvalue weighted by molar-refractivity contribution is -0.115. The van der Waals surface area contributed by atoms with Crippen LogP contribution in [0.25, 0.3) is 10.8 Å². The highest BCUT2D eigenvalue weighted by molar-refractivity contribution is 6.24. The van der Waals surface area contributed by atoms with E-state index in [4.69, 9.17) is 4.74 Å². The first kappa shape index (κ1) is 18.9. The van der Waals surface area contributed by atoms with E-state index in [0.717, 1.165) is 22.8 Å². The van der Waals surface area contributed by atoms with Gasteiger partial charge in [0.05, 0.1) is 24.1 Å². The summed E-state index contributed by atoms with van der Waals surface area (Å²) in [6, 6.07) is 21.5. The Labute approximate surface area is 170 Å². The Morgan fingerprint density at radius 2 is 1.83 bits per heavy atom. The summed E-state index contributed by atoms with van der Waals surface area (Å²) >= 11 is 0. The molecule has 0 radical (unpaired) electrons. The highest BCUT2D eigenvalue weighted by Gasteiger charge is 2.26. The molecule has 0 spiro atoms. The largest absolute Gasteiger partial charge is 0.511 e. The minimum absolute atomic E-state index is 0.0457. The molecule has 1 fully saturated rings. The van der Waals surface area contributed by atoms with Gasteiger partial charge in [0.25, 0.3) is 0 Å². The molecule has 1 aliphatic carbocycles. The summed E-state index contributed by atoms with van der Waals surface area (Å²) in [6.45, 7) is 0. The molecule has 0 unspecified atom stereocenters. The predicted octanol–water partition coefficient (Wildman–Crippen LogP) is 5.73. The maximum atomic E-state index is 12.7. The number of carbonyl (C=O) groups excluding carboxylic acids is 1. The van der Waals surface area contributed by atoms with Crippen LogP contribution in [0.5, 0.6) is 5.75 Å². The summed E-state index contributed by atoms with van der Waals surface area (Å²) in [4.78, 5) is 17.4. The van der Waals surface area contributed by atoms with Gasteiger partial charge >= 0.3 is 0 Å². The second kappa shape index (κ2) is 8.31. The molecule has 146 valence electrons. The Hall–Kier alpha value is -3.40. The first-order valence-electron chi connectivity index (χ1n) is 9.79. The number of aliphatic hydroxyl groups is 1. The molecule has 1 N–H and O–H groups in total. The van der Waals surface area contributed by atoms with E-state index in [-0.39, 0.29) is 11.5 Å². The fourth-order valence-electron chi connectivity index (χ4n) is 3.82. The molecule has 0 saturated heterocycles. The van der Waals surface area contributed by atoms with E-state index in [2.05, 4.69) is 4.99 Å². The molecule has 4 nitrogen and oxygen atoms in total. The summed E-state index contributed by atoms with van der Waals surface area (Å²) in [7, 11) is 1.61. The fourth-order valence-corrected chi connectivity index (χ4v) is 3.82. The number of Topliss-reactive ketones (excluding diaryl/α,β-unsaturated/α-hetero) is 1. The van der Waals surface area contributed by atoms with E-state index in [1.165, 1.54) is 0 Å². The number of rotatable bonds is 4. The fraction of sp³-hybridized carbons (Fsp3) is 0.200. The van der Waals surface area contributed by atoms with Crippen molar-refractivity contribution in [3.05, 3.63) is 83.6 Å². The normalized spacial score (nSPS) is 17.6. The molecule has 3 aromatic rings. The lowest BCUT2D eigenvalue weighted by atomic mass is 9.88. The number of benzene rings is 3. The number of ketones is 1. The van der Waals surface area contributed by atoms with E-state index in [1.807, 2.05) is 66.7 Å².